The Bertz CT molecular complexity index is 736. The standard InChI is InChI=1S/C18H18ClF3N2O2/c1-12(13-6-8-14(19)9-7-13)24-17(25)10-23-15-4-2-3-5-16(15)26-11-18(20,21)22/h2-9,12,23H,10-11H2,1H3,(H,24,25). The molecule has 8 heteroatoms. The first kappa shape index (κ1) is 19.9. The SMILES string of the molecule is CC(NC(=O)CNc1ccccc1OCC(F)(F)F)c1ccc(Cl)cc1. The number of nitrogens with one attached hydrogen (secondary N) is 2. The minimum absolute atomic E-state index is 0.0309. The number of hydrogen-bond donors (Lipinski definition) is 2. The smallest absolute Gasteiger partial charge is 0.422 e. The Morgan fingerprint density at radius 1 is 1.15 bits per heavy atom. The molecule has 0 radical (unpaired) electrons. The van der Waals surface area contributed by atoms with E-state index in [2.05, 4.69) is 10.6 Å². The number of para-hydroxylation sites is 2. The zero-order chi connectivity index (χ0) is 19.2. The van der Waals surface area contributed by atoms with Crippen LogP contribution in [0.2, 0.25) is 5.02 Å². The zero-order valence-electron chi connectivity index (χ0n) is 13.9. The van der Waals surface area contributed by atoms with E-state index in [0.29, 0.717) is 10.7 Å². The van der Waals surface area contributed by atoms with Gasteiger partial charge < -0.3 is 15.4 Å². The van der Waals surface area contributed by atoms with Crippen molar-refractivity contribution in [2.75, 3.05) is 18.5 Å². The first-order valence-corrected chi connectivity index (χ1v) is 8.19. The summed E-state index contributed by atoms with van der Waals surface area (Å²) in [6.07, 6.45) is -4.43. The van der Waals surface area contributed by atoms with Gasteiger partial charge in [0.05, 0.1) is 18.3 Å². The third-order valence-corrected chi connectivity index (χ3v) is 3.72. The van der Waals surface area contributed by atoms with E-state index in [1.807, 2.05) is 6.92 Å². The topological polar surface area (TPSA) is 50.4 Å². The number of amides is 1. The van der Waals surface area contributed by atoms with Crippen LogP contribution in [0, 0.1) is 0 Å². The molecule has 2 aromatic carbocycles. The summed E-state index contributed by atoms with van der Waals surface area (Å²) in [6, 6.07) is 13.0. The van der Waals surface area contributed by atoms with Crippen LogP contribution in [0.25, 0.3) is 0 Å². The highest BCUT2D eigenvalue weighted by molar-refractivity contribution is 6.30. The summed E-state index contributed by atoms with van der Waals surface area (Å²) in [5.74, 6) is -0.276. The number of benzene rings is 2. The Kier molecular flexibility index (Phi) is 6.74. The van der Waals surface area contributed by atoms with Gasteiger partial charge in [-0.1, -0.05) is 35.9 Å². The van der Waals surface area contributed by atoms with Crippen LogP contribution in [0.15, 0.2) is 48.5 Å². The minimum Gasteiger partial charge on any atom is -0.482 e. The van der Waals surface area contributed by atoms with Gasteiger partial charge in [0.15, 0.2) is 6.61 Å². The number of ether oxygens (including phenoxy) is 1. The summed E-state index contributed by atoms with van der Waals surface area (Å²) in [5.41, 5.74) is 1.20. The minimum atomic E-state index is -4.43. The molecule has 0 aromatic heterocycles. The molecule has 26 heavy (non-hydrogen) atoms. The molecule has 1 amide bonds. The van der Waals surface area contributed by atoms with Crippen molar-refractivity contribution >= 4 is 23.2 Å². The highest BCUT2D eigenvalue weighted by Gasteiger charge is 2.28. The second-order valence-electron chi connectivity index (χ2n) is 5.59. The number of carbonyl (C=O) groups is 1. The fourth-order valence-corrected chi connectivity index (χ4v) is 2.33. The lowest BCUT2D eigenvalue weighted by molar-refractivity contribution is -0.153. The lowest BCUT2D eigenvalue weighted by atomic mass is 10.1. The summed E-state index contributed by atoms with van der Waals surface area (Å²) < 4.78 is 41.7. The normalized spacial score (nSPS) is 12.3. The third-order valence-electron chi connectivity index (χ3n) is 3.47. The van der Waals surface area contributed by atoms with Gasteiger partial charge in [-0.05, 0) is 36.8 Å². The van der Waals surface area contributed by atoms with Crippen LogP contribution in [-0.4, -0.2) is 25.2 Å². The van der Waals surface area contributed by atoms with E-state index in [4.69, 9.17) is 16.3 Å². The second-order valence-corrected chi connectivity index (χ2v) is 6.03. The lowest BCUT2D eigenvalue weighted by Gasteiger charge is -2.17. The van der Waals surface area contributed by atoms with Gasteiger partial charge in [-0.15, -0.1) is 0 Å². The Balaban J connectivity index is 1.90. The highest BCUT2D eigenvalue weighted by atomic mass is 35.5. The second kappa shape index (κ2) is 8.80. The van der Waals surface area contributed by atoms with E-state index in [0.717, 1.165) is 5.56 Å². The van der Waals surface area contributed by atoms with E-state index in [1.165, 1.54) is 6.07 Å². The maximum Gasteiger partial charge on any atom is 0.422 e. The fourth-order valence-electron chi connectivity index (χ4n) is 2.20. The number of halogens is 4. The molecule has 0 aliphatic heterocycles. The van der Waals surface area contributed by atoms with Gasteiger partial charge in [0.2, 0.25) is 5.91 Å². The third kappa shape index (κ3) is 6.48. The quantitative estimate of drug-likeness (QED) is 0.732. The Morgan fingerprint density at radius 2 is 1.81 bits per heavy atom. The molecule has 4 nitrogen and oxygen atoms in total. The maximum absolute atomic E-state index is 12.3. The van der Waals surface area contributed by atoms with Crippen LogP contribution in [0.4, 0.5) is 18.9 Å². The molecule has 2 rings (SSSR count). The fraction of sp³-hybridized carbons (Fsp3) is 0.278. The summed E-state index contributed by atoms with van der Waals surface area (Å²) in [4.78, 5) is 12.1. The van der Waals surface area contributed by atoms with Crippen molar-refractivity contribution in [3.05, 3.63) is 59.1 Å². The molecule has 0 fully saturated rings. The maximum atomic E-state index is 12.3. The number of rotatable bonds is 7. The van der Waals surface area contributed by atoms with Crippen LogP contribution in [0.3, 0.4) is 0 Å². The van der Waals surface area contributed by atoms with E-state index < -0.39 is 12.8 Å². The molecular formula is C18H18ClF3N2O2. The first-order valence-electron chi connectivity index (χ1n) is 7.82. The van der Waals surface area contributed by atoms with Gasteiger partial charge in [0.25, 0.3) is 0 Å². The van der Waals surface area contributed by atoms with E-state index in [9.17, 15) is 18.0 Å². The van der Waals surface area contributed by atoms with Crippen LogP contribution < -0.4 is 15.4 Å². The van der Waals surface area contributed by atoms with Crippen LogP contribution in [-0.2, 0) is 4.79 Å². The van der Waals surface area contributed by atoms with Crippen LogP contribution in [0.5, 0.6) is 5.75 Å². The van der Waals surface area contributed by atoms with E-state index >= 15 is 0 Å². The summed E-state index contributed by atoms with van der Waals surface area (Å²) in [5, 5.41) is 6.19. The summed E-state index contributed by atoms with van der Waals surface area (Å²) in [6.45, 7) is 0.317. The Hall–Kier alpha value is -2.41. The predicted octanol–water partition coefficient (Wildman–Crippen LogP) is 4.57. The van der Waals surface area contributed by atoms with Gasteiger partial charge >= 0.3 is 6.18 Å². The van der Waals surface area contributed by atoms with Crippen molar-refractivity contribution in [1.82, 2.24) is 5.32 Å². The van der Waals surface area contributed by atoms with Crippen molar-refractivity contribution in [3.63, 3.8) is 0 Å². The zero-order valence-corrected chi connectivity index (χ0v) is 14.7. The highest BCUT2D eigenvalue weighted by Crippen LogP contribution is 2.26. The number of hydrogen-bond acceptors (Lipinski definition) is 3. The van der Waals surface area contributed by atoms with Crippen molar-refractivity contribution < 1.29 is 22.7 Å². The van der Waals surface area contributed by atoms with E-state index in [1.54, 1.807) is 42.5 Å². The van der Waals surface area contributed by atoms with Crippen LogP contribution in [0.1, 0.15) is 18.5 Å². The first-order chi connectivity index (χ1) is 12.2. The number of alkyl halides is 3. The van der Waals surface area contributed by atoms with Gasteiger partial charge in [-0.3, -0.25) is 4.79 Å². The van der Waals surface area contributed by atoms with E-state index in [-0.39, 0.29) is 24.2 Å². The number of carbonyl (C=O) groups excluding carboxylic acids is 1. The largest absolute Gasteiger partial charge is 0.482 e. The van der Waals surface area contributed by atoms with Crippen molar-refractivity contribution in [3.8, 4) is 5.75 Å². The molecule has 0 heterocycles. The molecule has 0 spiro atoms. The molecule has 1 unspecified atom stereocenters. The van der Waals surface area contributed by atoms with Crippen molar-refractivity contribution in [2.24, 2.45) is 0 Å². The van der Waals surface area contributed by atoms with Gasteiger partial charge in [-0.25, -0.2) is 0 Å². The lowest BCUT2D eigenvalue weighted by Crippen LogP contribution is -2.32. The number of anilines is 1. The molecule has 0 bridgehead atoms. The van der Waals surface area contributed by atoms with Crippen molar-refractivity contribution in [2.45, 2.75) is 19.1 Å². The summed E-state index contributed by atoms with van der Waals surface area (Å²) >= 11 is 5.83. The average Bonchev–Trinajstić information content (AvgIpc) is 2.58. The Labute approximate surface area is 154 Å². The molecule has 0 saturated heterocycles. The van der Waals surface area contributed by atoms with Gasteiger partial charge in [0.1, 0.15) is 5.75 Å². The molecule has 2 N–H and O–H groups in total. The molecule has 0 saturated carbocycles. The molecule has 1 atom stereocenters. The molecular weight excluding hydrogens is 369 g/mol. The van der Waals surface area contributed by atoms with Crippen LogP contribution >= 0.6 is 11.6 Å². The average molecular weight is 387 g/mol. The summed E-state index contributed by atoms with van der Waals surface area (Å²) in [7, 11) is 0. The molecule has 0 aliphatic carbocycles. The molecule has 140 valence electrons. The Morgan fingerprint density at radius 3 is 2.46 bits per heavy atom. The molecule has 0 aliphatic rings. The van der Waals surface area contributed by atoms with Gasteiger partial charge in [0, 0.05) is 5.02 Å². The predicted molar refractivity (Wildman–Crippen MR) is 94.5 cm³/mol. The molecule has 2 aromatic rings. The van der Waals surface area contributed by atoms with Gasteiger partial charge in [-0.2, -0.15) is 13.2 Å². The monoisotopic (exact) mass is 386 g/mol. The van der Waals surface area contributed by atoms with Crippen molar-refractivity contribution in [1.29, 1.82) is 0 Å².